The van der Waals surface area contributed by atoms with Crippen molar-refractivity contribution in [3.8, 4) is 0 Å². The molecule has 0 fully saturated rings. The third kappa shape index (κ3) is 3.32. The highest BCUT2D eigenvalue weighted by Crippen LogP contribution is 2.15. The first-order valence-corrected chi connectivity index (χ1v) is 9.21. The molecule has 0 aliphatic heterocycles. The molecule has 3 rings (SSSR count). The van der Waals surface area contributed by atoms with Crippen LogP contribution in [0.4, 0.5) is 5.69 Å². The van der Waals surface area contributed by atoms with E-state index in [0.29, 0.717) is 24.2 Å². The van der Waals surface area contributed by atoms with E-state index in [1.165, 1.54) is 4.57 Å². The lowest BCUT2D eigenvalue weighted by Gasteiger charge is -2.12. The third-order valence-corrected chi connectivity index (χ3v) is 4.91. The van der Waals surface area contributed by atoms with Gasteiger partial charge in [-0.2, -0.15) is 4.37 Å². The highest BCUT2D eigenvalue weighted by atomic mass is 32.1. The Balaban J connectivity index is 1.96. The normalized spacial score (nSPS) is 11.0. The first-order valence-electron chi connectivity index (χ1n) is 8.37. The molecule has 0 aliphatic rings. The molecular formula is C18H20N4O3S. The number of nitrogens with one attached hydrogen (secondary N) is 1. The number of nitrogens with zero attached hydrogens (tertiary/aromatic N) is 3. The molecule has 8 heteroatoms. The summed E-state index contributed by atoms with van der Waals surface area (Å²) in [6.45, 7) is 5.97. The van der Waals surface area contributed by atoms with E-state index in [1.54, 1.807) is 5.38 Å². The van der Waals surface area contributed by atoms with E-state index in [0.717, 1.165) is 27.2 Å². The number of benzene rings is 1. The van der Waals surface area contributed by atoms with Crippen molar-refractivity contribution >= 4 is 34.2 Å². The monoisotopic (exact) mass is 372 g/mol. The number of carbonyl (C=O) groups excluding carboxylic acids is 1. The Bertz CT molecular complexity index is 1090. The van der Waals surface area contributed by atoms with Crippen molar-refractivity contribution in [2.24, 2.45) is 0 Å². The Morgan fingerprint density at radius 1 is 1.19 bits per heavy atom. The molecule has 0 radical (unpaired) electrons. The van der Waals surface area contributed by atoms with Crippen LogP contribution in [0.5, 0.6) is 0 Å². The molecule has 2 aromatic heterocycles. The fourth-order valence-corrected chi connectivity index (χ4v) is 3.44. The molecule has 0 atom stereocenters. The highest BCUT2D eigenvalue weighted by molar-refractivity contribution is 7.04. The van der Waals surface area contributed by atoms with Crippen molar-refractivity contribution in [2.45, 2.75) is 40.3 Å². The maximum absolute atomic E-state index is 12.7. The van der Waals surface area contributed by atoms with Gasteiger partial charge in [0.05, 0.1) is 5.52 Å². The maximum atomic E-state index is 12.7. The minimum absolute atomic E-state index is 0.176. The summed E-state index contributed by atoms with van der Waals surface area (Å²) in [4.78, 5) is 37.6. The summed E-state index contributed by atoms with van der Waals surface area (Å²) in [5.74, 6) is -0.329. The van der Waals surface area contributed by atoms with Crippen molar-refractivity contribution in [1.29, 1.82) is 0 Å². The van der Waals surface area contributed by atoms with E-state index in [2.05, 4.69) is 9.69 Å². The lowest BCUT2D eigenvalue weighted by atomic mass is 10.1. The number of amides is 1. The van der Waals surface area contributed by atoms with E-state index >= 15 is 0 Å². The van der Waals surface area contributed by atoms with Gasteiger partial charge in [0.2, 0.25) is 5.91 Å². The van der Waals surface area contributed by atoms with Crippen molar-refractivity contribution in [3.05, 3.63) is 55.5 Å². The van der Waals surface area contributed by atoms with Crippen LogP contribution < -0.4 is 16.6 Å². The molecule has 0 unspecified atom stereocenters. The fourth-order valence-electron chi connectivity index (χ4n) is 2.77. The SMILES string of the molecule is CCCn1c(=O)c2nscc2n(CC(=O)Nc2ccc(C)c(C)c2)c1=O. The lowest BCUT2D eigenvalue weighted by molar-refractivity contribution is -0.116. The fraction of sp³-hybridized carbons (Fsp3) is 0.333. The zero-order chi connectivity index (χ0) is 18.8. The molecule has 0 saturated heterocycles. The van der Waals surface area contributed by atoms with Gasteiger partial charge in [0.15, 0.2) is 5.52 Å². The summed E-state index contributed by atoms with van der Waals surface area (Å²) >= 11 is 1.10. The Kier molecular flexibility index (Phi) is 5.03. The molecule has 0 spiro atoms. The van der Waals surface area contributed by atoms with Gasteiger partial charge in [0.1, 0.15) is 6.54 Å². The summed E-state index contributed by atoms with van der Waals surface area (Å²) in [6, 6.07) is 5.64. The largest absolute Gasteiger partial charge is 0.332 e. The molecule has 0 saturated carbocycles. The van der Waals surface area contributed by atoms with Crippen molar-refractivity contribution < 1.29 is 4.79 Å². The van der Waals surface area contributed by atoms with E-state index < -0.39 is 11.2 Å². The van der Waals surface area contributed by atoms with Crippen molar-refractivity contribution in [1.82, 2.24) is 13.5 Å². The quantitative estimate of drug-likeness (QED) is 0.744. The summed E-state index contributed by atoms with van der Waals surface area (Å²) in [5, 5.41) is 4.43. The van der Waals surface area contributed by atoms with Crippen LogP contribution in [0.25, 0.3) is 11.0 Å². The molecule has 1 amide bonds. The standard InChI is InChI=1S/C18H20N4O3S/c1-4-7-21-17(24)16-14(10-26-20-16)22(18(21)25)9-15(23)19-13-6-5-11(2)12(3)8-13/h5-6,8,10H,4,7,9H2,1-3H3,(H,19,23). The second-order valence-electron chi connectivity index (χ2n) is 6.22. The van der Waals surface area contributed by atoms with Gasteiger partial charge in [0, 0.05) is 17.6 Å². The van der Waals surface area contributed by atoms with Gasteiger partial charge in [0.25, 0.3) is 5.56 Å². The van der Waals surface area contributed by atoms with E-state index in [4.69, 9.17) is 0 Å². The topological polar surface area (TPSA) is 86.0 Å². The average molecular weight is 372 g/mol. The lowest BCUT2D eigenvalue weighted by Crippen LogP contribution is -2.41. The molecule has 0 bridgehead atoms. The minimum atomic E-state index is -0.486. The van der Waals surface area contributed by atoms with Crippen molar-refractivity contribution in [2.75, 3.05) is 5.32 Å². The zero-order valence-corrected chi connectivity index (χ0v) is 15.7. The average Bonchev–Trinajstić information content (AvgIpc) is 3.08. The number of aryl methyl sites for hydroxylation is 2. The van der Waals surface area contributed by atoms with Crippen LogP contribution in [0.1, 0.15) is 24.5 Å². The number of rotatable bonds is 5. The Morgan fingerprint density at radius 2 is 1.96 bits per heavy atom. The minimum Gasteiger partial charge on any atom is -0.325 e. The number of fused-ring (bicyclic) bond motifs is 1. The third-order valence-electron chi connectivity index (χ3n) is 4.29. The molecule has 1 aromatic carbocycles. The zero-order valence-electron chi connectivity index (χ0n) is 14.9. The van der Waals surface area contributed by atoms with Gasteiger partial charge in [-0.3, -0.25) is 18.7 Å². The first kappa shape index (κ1) is 18.1. The Hall–Kier alpha value is -2.74. The molecule has 7 nitrogen and oxygen atoms in total. The second-order valence-corrected chi connectivity index (χ2v) is 6.85. The molecule has 0 aliphatic carbocycles. The van der Waals surface area contributed by atoms with Gasteiger partial charge in [-0.15, -0.1) is 0 Å². The molecule has 3 aromatic rings. The predicted molar refractivity (Wildman–Crippen MR) is 103 cm³/mol. The Labute approximate surface area is 154 Å². The van der Waals surface area contributed by atoms with Crippen LogP contribution in [-0.2, 0) is 17.9 Å². The number of aromatic nitrogens is 3. The molecular weight excluding hydrogens is 352 g/mol. The second kappa shape index (κ2) is 7.25. The van der Waals surface area contributed by atoms with Crippen LogP contribution in [-0.4, -0.2) is 19.4 Å². The summed E-state index contributed by atoms with van der Waals surface area (Å²) < 4.78 is 6.55. The van der Waals surface area contributed by atoms with E-state index in [-0.39, 0.29) is 18.0 Å². The van der Waals surface area contributed by atoms with Gasteiger partial charge in [-0.1, -0.05) is 13.0 Å². The van der Waals surface area contributed by atoms with Crippen LogP contribution >= 0.6 is 11.5 Å². The number of anilines is 1. The van der Waals surface area contributed by atoms with Crippen LogP contribution in [0, 0.1) is 13.8 Å². The van der Waals surface area contributed by atoms with Gasteiger partial charge in [-0.05, 0) is 55.1 Å². The molecule has 2 heterocycles. The van der Waals surface area contributed by atoms with Crippen molar-refractivity contribution in [3.63, 3.8) is 0 Å². The summed E-state index contributed by atoms with van der Waals surface area (Å²) in [6.07, 6.45) is 0.639. The maximum Gasteiger partial charge on any atom is 0.332 e. The number of hydrogen-bond acceptors (Lipinski definition) is 5. The number of carbonyl (C=O) groups is 1. The van der Waals surface area contributed by atoms with Crippen LogP contribution in [0.2, 0.25) is 0 Å². The van der Waals surface area contributed by atoms with Crippen LogP contribution in [0.15, 0.2) is 33.2 Å². The van der Waals surface area contributed by atoms with E-state index in [1.807, 2.05) is 39.0 Å². The molecule has 1 N–H and O–H groups in total. The highest BCUT2D eigenvalue weighted by Gasteiger charge is 2.17. The van der Waals surface area contributed by atoms with Gasteiger partial charge < -0.3 is 5.32 Å². The molecule has 136 valence electrons. The first-order chi connectivity index (χ1) is 12.4. The summed E-state index contributed by atoms with van der Waals surface area (Å²) in [7, 11) is 0. The van der Waals surface area contributed by atoms with Crippen LogP contribution in [0.3, 0.4) is 0 Å². The number of hydrogen-bond donors (Lipinski definition) is 1. The smallest absolute Gasteiger partial charge is 0.325 e. The Morgan fingerprint density at radius 3 is 2.65 bits per heavy atom. The van der Waals surface area contributed by atoms with E-state index in [9.17, 15) is 14.4 Å². The summed E-state index contributed by atoms with van der Waals surface area (Å²) in [5.41, 5.74) is 2.61. The van der Waals surface area contributed by atoms with Gasteiger partial charge >= 0.3 is 5.69 Å². The molecule has 26 heavy (non-hydrogen) atoms. The predicted octanol–water partition coefficient (Wildman–Crippen LogP) is 2.29. The van der Waals surface area contributed by atoms with Gasteiger partial charge in [-0.25, -0.2) is 4.79 Å².